The third kappa shape index (κ3) is 4.08. The minimum Gasteiger partial charge on any atom is -0.491 e. The fourth-order valence-corrected chi connectivity index (χ4v) is 3.83. The third-order valence-electron chi connectivity index (χ3n) is 4.29. The molecule has 0 radical (unpaired) electrons. The topological polar surface area (TPSA) is 73.2 Å². The van der Waals surface area contributed by atoms with Crippen LogP contribution < -0.4 is 15.6 Å². The normalized spacial score (nSPS) is 16.0. The summed E-state index contributed by atoms with van der Waals surface area (Å²) >= 11 is 1.41. The lowest BCUT2D eigenvalue weighted by atomic mass is 9.87. The molecule has 1 aromatic heterocycles. The summed E-state index contributed by atoms with van der Waals surface area (Å²) < 4.78 is 7.44. The van der Waals surface area contributed by atoms with Crippen molar-refractivity contribution >= 4 is 23.5 Å². The molecular weight excluding hydrogens is 362 g/mol. The van der Waals surface area contributed by atoms with Gasteiger partial charge in [-0.1, -0.05) is 30.0 Å². The van der Waals surface area contributed by atoms with Gasteiger partial charge in [0.15, 0.2) is 5.16 Å². The second-order valence-electron chi connectivity index (χ2n) is 6.66. The van der Waals surface area contributed by atoms with E-state index in [2.05, 4.69) is 16.9 Å². The second-order valence-corrected chi connectivity index (χ2v) is 7.65. The Labute approximate surface area is 162 Å². The SMILES string of the molecule is C=CCSc1nc(=O)c2c(n1C)NC(=O)C[C@@H]2c1ccc(OC(C)C)cc1. The Kier molecular flexibility index (Phi) is 5.70. The van der Waals surface area contributed by atoms with Gasteiger partial charge in [0.05, 0.1) is 11.7 Å². The summed E-state index contributed by atoms with van der Waals surface area (Å²) in [7, 11) is 1.80. The molecule has 0 spiro atoms. The summed E-state index contributed by atoms with van der Waals surface area (Å²) in [5, 5.41) is 3.40. The van der Waals surface area contributed by atoms with E-state index >= 15 is 0 Å². The first kappa shape index (κ1) is 19.2. The molecule has 1 aromatic carbocycles. The molecule has 2 heterocycles. The second kappa shape index (κ2) is 8.00. The molecule has 7 heteroatoms. The van der Waals surface area contributed by atoms with Gasteiger partial charge in [-0.2, -0.15) is 4.98 Å². The number of amides is 1. The predicted molar refractivity (Wildman–Crippen MR) is 108 cm³/mol. The minimum atomic E-state index is -0.327. The van der Waals surface area contributed by atoms with E-state index in [9.17, 15) is 9.59 Å². The molecule has 1 N–H and O–H groups in total. The molecule has 0 aliphatic carbocycles. The van der Waals surface area contributed by atoms with E-state index in [4.69, 9.17) is 4.74 Å². The van der Waals surface area contributed by atoms with Crippen molar-refractivity contribution in [2.24, 2.45) is 7.05 Å². The van der Waals surface area contributed by atoms with Gasteiger partial charge in [0.1, 0.15) is 11.6 Å². The van der Waals surface area contributed by atoms with Gasteiger partial charge in [-0.25, -0.2) is 0 Å². The summed E-state index contributed by atoms with van der Waals surface area (Å²) in [6.07, 6.45) is 2.05. The third-order valence-corrected chi connectivity index (χ3v) is 5.31. The van der Waals surface area contributed by atoms with Crippen molar-refractivity contribution in [3.8, 4) is 5.75 Å². The fraction of sp³-hybridized carbons (Fsp3) is 0.350. The molecule has 0 saturated heterocycles. The van der Waals surface area contributed by atoms with Crippen LogP contribution in [0, 0.1) is 0 Å². The number of nitrogens with one attached hydrogen (secondary N) is 1. The summed E-state index contributed by atoms with van der Waals surface area (Å²) in [6, 6.07) is 7.55. The number of anilines is 1. The molecule has 0 fully saturated rings. The van der Waals surface area contributed by atoms with Gasteiger partial charge in [-0.15, -0.1) is 6.58 Å². The number of hydrogen-bond donors (Lipinski definition) is 1. The Balaban J connectivity index is 2.03. The van der Waals surface area contributed by atoms with Crippen LogP contribution in [0.5, 0.6) is 5.75 Å². The maximum Gasteiger partial charge on any atom is 0.279 e. The van der Waals surface area contributed by atoms with Crippen molar-refractivity contribution in [3.63, 3.8) is 0 Å². The number of aromatic nitrogens is 2. The number of ether oxygens (including phenoxy) is 1. The van der Waals surface area contributed by atoms with Crippen molar-refractivity contribution < 1.29 is 9.53 Å². The van der Waals surface area contributed by atoms with E-state index in [0.29, 0.717) is 22.3 Å². The zero-order valence-electron chi connectivity index (χ0n) is 15.7. The molecule has 6 nitrogen and oxygen atoms in total. The lowest BCUT2D eigenvalue weighted by Gasteiger charge is -2.27. The average Bonchev–Trinajstić information content (AvgIpc) is 2.63. The first-order valence-corrected chi connectivity index (χ1v) is 9.80. The van der Waals surface area contributed by atoms with E-state index in [-0.39, 0.29) is 29.9 Å². The van der Waals surface area contributed by atoms with Crippen LogP contribution in [0.1, 0.15) is 37.3 Å². The van der Waals surface area contributed by atoms with E-state index in [1.165, 1.54) is 11.8 Å². The van der Waals surface area contributed by atoms with E-state index in [1.807, 2.05) is 38.1 Å². The number of hydrogen-bond acceptors (Lipinski definition) is 5. The Morgan fingerprint density at radius 1 is 1.37 bits per heavy atom. The van der Waals surface area contributed by atoms with Crippen LogP contribution in [-0.4, -0.2) is 27.3 Å². The average molecular weight is 385 g/mol. The standard InChI is InChI=1S/C20H23N3O3S/c1-5-10-27-20-22-19(25)17-15(11-16(24)21-18(17)23(20)4)13-6-8-14(9-7-13)26-12(2)3/h5-9,12,15H,1,10-11H2,2-4H3,(H,21,24)/t15-/m1/s1. The van der Waals surface area contributed by atoms with Crippen molar-refractivity contribution in [1.82, 2.24) is 9.55 Å². The Hall–Kier alpha value is -2.54. The highest BCUT2D eigenvalue weighted by molar-refractivity contribution is 7.99. The summed E-state index contributed by atoms with van der Waals surface area (Å²) in [5.41, 5.74) is 1.12. The van der Waals surface area contributed by atoms with Crippen LogP contribution in [0.4, 0.5) is 5.82 Å². The van der Waals surface area contributed by atoms with Gasteiger partial charge in [0.25, 0.3) is 5.56 Å². The Bertz CT molecular complexity index is 919. The number of benzene rings is 1. The minimum absolute atomic E-state index is 0.0833. The quantitative estimate of drug-likeness (QED) is 0.469. The molecule has 1 aliphatic rings. The van der Waals surface area contributed by atoms with Crippen LogP contribution in [0.25, 0.3) is 0 Å². The zero-order chi connectivity index (χ0) is 19.6. The van der Waals surface area contributed by atoms with E-state index in [1.54, 1.807) is 17.7 Å². The molecular formula is C20H23N3O3S. The molecule has 0 saturated carbocycles. The molecule has 1 amide bonds. The number of carbonyl (C=O) groups is 1. The van der Waals surface area contributed by atoms with Crippen LogP contribution in [0.15, 0.2) is 46.9 Å². The van der Waals surface area contributed by atoms with Crippen LogP contribution in [-0.2, 0) is 11.8 Å². The largest absolute Gasteiger partial charge is 0.491 e. The smallest absolute Gasteiger partial charge is 0.279 e. The van der Waals surface area contributed by atoms with Gasteiger partial charge in [-0.05, 0) is 31.5 Å². The summed E-state index contributed by atoms with van der Waals surface area (Å²) in [5.74, 6) is 1.47. The number of rotatable bonds is 6. The highest BCUT2D eigenvalue weighted by Gasteiger charge is 2.32. The van der Waals surface area contributed by atoms with Crippen molar-refractivity contribution in [3.05, 3.63) is 58.4 Å². The van der Waals surface area contributed by atoms with Crippen molar-refractivity contribution in [1.29, 1.82) is 0 Å². The van der Waals surface area contributed by atoms with Gasteiger partial charge < -0.3 is 14.6 Å². The number of fused-ring (bicyclic) bond motifs is 1. The van der Waals surface area contributed by atoms with Crippen LogP contribution in [0.3, 0.4) is 0 Å². The molecule has 1 atom stereocenters. The van der Waals surface area contributed by atoms with Crippen molar-refractivity contribution in [2.75, 3.05) is 11.1 Å². The predicted octanol–water partition coefficient (Wildman–Crippen LogP) is 3.32. The summed E-state index contributed by atoms with van der Waals surface area (Å²) in [6.45, 7) is 7.62. The monoisotopic (exact) mass is 385 g/mol. The van der Waals surface area contributed by atoms with Gasteiger partial charge >= 0.3 is 0 Å². The number of nitrogens with zero attached hydrogens (tertiary/aromatic N) is 2. The highest BCUT2D eigenvalue weighted by atomic mass is 32.2. The first-order chi connectivity index (χ1) is 12.9. The number of carbonyl (C=O) groups excluding carboxylic acids is 1. The molecule has 142 valence electrons. The first-order valence-electron chi connectivity index (χ1n) is 8.81. The lowest BCUT2D eigenvalue weighted by Crippen LogP contribution is -2.33. The molecule has 1 aliphatic heterocycles. The van der Waals surface area contributed by atoms with E-state index in [0.717, 1.165) is 11.3 Å². The van der Waals surface area contributed by atoms with Gasteiger partial charge in [-0.3, -0.25) is 9.59 Å². The van der Waals surface area contributed by atoms with Crippen molar-refractivity contribution in [2.45, 2.75) is 37.4 Å². The maximum atomic E-state index is 12.8. The molecule has 0 unspecified atom stereocenters. The zero-order valence-corrected chi connectivity index (χ0v) is 16.5. The molecule has 2 aromatic rings. The Morgan fingerprint density at radius 3 is 2.70 bits per heavy atom. The van der Waals surface area contributed by atoms with Crippen LogP contribution in [0.2, 0.25) is 0 Å². The lowest BCUT2D eigenvalue weighted by molar-refractivity contribution is -0.116. The fourth-order valence-electron chi connectivity index (χ4n) is 3.13. The van der Waals surface area contributed by atoms with Gasteiger partial charge in [0, 0.05) is 25.1 Å². The molecule has 3 rings (SSSR count). The highest BCUT2D eigenvalue weighted by Crippen LogP contribution is 2.36. The number of thioether (sulfide) groups is 1. The maximum absolute atomic E-state index is 12.8. The van der Waals surface area contributed by atoms with E-state index < -0.39 is 0 Å². The molecule has 27 heavy (non-hydrogen) atoms. The summed E-state index contributed by atoms with van der Waals surface area (Å²) in [4.78, 5) is 29.3. The van der Waals surface area contributed by atoms with Crippen LogP contribution >= 0.6 is 11.8 Å². The molecule has 0 bridgehead atoms. The Morgan fingerprint density at radius 2 is 2.07 bits per heavy atom. The van der Waals surface area contributed by atoms with Gasteiger partial charge in [0.2, 0.25) is 5.91 Å².